The number of thioether (sulfide) groups is 1. The van der Waals surface area contributed by atoms with Crippen LogP contribution in [0, 0.1) is 5.41 Å². The van der Waals surface area contributed by atoms with Gasteiger partial charge in [-0.15, -0.1) is 0 Å². The number of carbonyl (C=O) groups excluding carboxylic acids is 1. The molecule has 0 amide bonds. The Morgan fingerprint density at radius 3 is 3.06 bits per heavy atom. The molecule has 2 aliphatic heterocycles. The second-order valence-electron chi connectivity index (χ2n) is 5.07. The van der Waals surface area contributed by atoms with Crippen LogP contribution in [0.4, 0.5) is 0 Å². The van der Waals surface area contributed by atoms with Gasteiger partial charge >= 0.3 is 0 Å². The quantitative estimate of drug-likeness (QED) is 0.699. The van der Waals surface area contributed by atoms with E-state index in [1.54, 1.807) is 0 Å². The van der Waals surface area contributed by atoms with Crippen LogP contribution >= 0.6 is 11.8 Å². The molecule has 92 valence electrons. The minimum Gasteiger partial charge on any atom is -0.380 e. The van der Waals surface area contributed by atoms with Crippen molar-refractivity contribution in [3.05, 3.63) is 0 Å². The van der Waals surface area contributed by atoms with E-state index < -0.39 is 0 Å². The van der Waals surface area contributed by atoms with Gasteiger partial charge in [0, 0.05) is 24.9 Å². The molecule has 0 aliphatic carbocycles. The van der Waals surface area contributed by atoms with Gasteiger partial charge in [-0.3, -0.25) is 0 Å². The highest BCUT2D eigenvalue weighted by Crippen LogP contribution is 2.30. The Morgan fingerprint density at radius 2 is 2.50 bits per heavy atom. The van der Waals surface area contributed by atoms with E-state index in [0.29, 0.717) is 12.6 Å². The maximum absolute atomic E-state index is 11.3. The van der Waals surface area contributed by atoms with E-state index in [0.717, 1.165) is 32.3 Å². The minimum atomic E-state index is -0.236. The molecule has 2 fully saturated rings. The van der Waals surface area contributed by atoms with Crippen molar-refractivity contribution >= 4 is 18.0 Å². The minimum absolute atomic E-state index is 0.236. The summed E-state index contributed by atoms with van der Waals surface area (Å²) in [7, 11) is 2.15. The second-order valence-corrected chi connectivity index (χ2v) is 6.22. The lowest BCUT2D eigenvalue weighted by Crippen LogP contribution is -2.46. The molecule has 0 N–H and O–H groups in total. The van der Waals surface area contributed by atoms with Crippen molar-refractivity contribution in [2.24, 2.45) is 5.41 Å². The summed E-state index contributed by atoms with van der Waals surface area (Å²) in [5.74, 6) is 2.48. The summed E-state index contributed by atoms with van der Waals surface area (Å²) in [6.45, 7) is 2.29. The number of rotatable bonds is 4. The van der Waals surface area contributed by atoms with Crippen LogP contribution in [0.1, 0.15) is 19.3 Å². The fourth-order valence-corrected chi connectivity index (χ4v) is 3.92. The SMILES string of the molecule is CN(CC1(C=O)CCCOC1)C1CCSC1. The normalized spacial score (nSPS) is 35.5. The first-order valence-electron chi connectivity index (χ1n) is 6.08. The lowest BCUT2D eigenvalue weighted by atomic mass is 9.83. The molecular formula is C12H21NO2S. The van der Waals surface area contributed by atoms with Crippen LogP contribution in [0.2, 0.25) is 0 Å². The Labute approximate surface area is 102 Å². The number of aldehydes is 1. The molecule has 0 aromatic rings. The Balaban J connectivity index is 1.91. The molecule has 2 heterocycles. The summed E-state index contributed by atoms with van der Waals surface area (Å²) in [6, 6.07) is 0.656. The highest BCUT2D eigenvalue weighted by molar-refractivity contribution is 7.99. The highest BCUT2D eigenvalue weighted by atomic mass is 32.2. The van der Waals surface area contributed by atoms with Gasteiger partial charge in [0.05, 0.1) is 12.0 Å². The van der Waals surface area contributed by atoms with Crippen LogP contribution in [0.3, 0.4) is 0 Å². The molecule has 2 atom stereocenters. The predicted octanol–water partition coefficient (Wildman–Crippen LogP) is 1.42. The van der Waals surface area contributed by atoms with Crippen LogP contribution in [0.15, 0.2) is 0 Å². The third-order valence-corrected chi connectivity index (χ3v) is 4.84. The highest BCUT2D eigenvalue weighted by Gasteiger charge is 2.35. The molecule has 16 heavy (non-hydrogen) atoms. The van der Waals surface area contributed by atoms with Gasteiger partial charge in [-0.25, -0.2) is 0 Å². The van der Waals surface area contributed by atoms with E-state index in [1.165, 1.54) is 17.9 Å². The maximum Gasteiger partial charge on any atom is 0.129 e. The lowest BCUT2D eigenvalue weighted by Gasteiger charge is -2.37. The van der Waals surface area contributed by atoms with Crippen molar-refractivity contribution in [1.29, 1.82) is 0 Å². The zero-order valence-electron chi connectivity index (χ0n) is 9.98. The fourth-order valence-electron chi connectivity index (χ4n) is 2.62. The molecule has 2 unspecified atom stereocenters. The van der Waals surface area contributed by atoms with Crippen molar-refractivity contribution < 1.29 is 9.53 Å². The maximum atomic E-state index is 11.3. The summed E-state index contributed by atoms with van der Waals surface area (Å²) in [5.41, 5.74) is -0.236. The number of nitrogens with zero attached hydrogens (tertiary/aromatic N) is 1. The van der Waals surface area contributed by atoms with E-state index in [-0.39, 0.29) is 5.41 Å². The summed E-state index contributed by atoms with van der Waals surface area (Å²) < 4.78 is 5.48. The molecule has 2 aliphatic rings. The molecule has 0 aromatic carbocycles. The largest absolute Gasteiger partial charge is 0.380 e. The number of hydrogen-bond donors (Lipinski definition) is 0. The van der Waals surface area contributed by atoms with Gasteiger partial charge in [0.15, 0.2) is 0 Å². The van der Waals surface area contributed by atoms with Crippen LogP contribution in [-0.4, -0.2) is 55.5 Å². The Hall–Kier alpha value is -0.0600. The molecule has 0 radical (unpaired) electrons. The van der Waals surface area contributed by atoms with Gasteiger partial charge in [0.1, 0.15) is 6.29 Å². The van der Waals surface area contributed by atoms with Gasteiger partial charge in [-0.05, 0) is 32.1 Å². The molecule has 2 saturated heterocycles. The van der Waals surface area contributed by atoms with Crippen molar-refractivity contribution in [2.75, 3.05) is 38.3 Å². The van der Waals surface area contributed by atoms with Crippen molar-refractivity contribution in [1.82, 2.24) is 4.90 Å². The van der Waals surface area contributed by atoms with Crippen LogP contribution < -0.4 is 0 Å². The third-order valence-electron chi connectivity index (χ3n) is 3.70. The van der Waals surface area contributed by atoms with Gasteiger partial charge in [0.25, 0.3) is 0 Å². The lowest BCUT2D eigenvalue weighted by molar-refractivity contribution is -0.125. The standard InChI is InChI=1S/C12H21NO2S/c1-13(11-3-6-16-7-11)8-12(9-14)4-2-5-15-10-12/h9,11H,2-8,10H2,1H3. The third kappa shape index (κ3) is 2.79. The van der Waals surface area contributed by atoms with Gasteiger partial charge in [-0.2, -0.15) is 11.8 Å². The smallest absolute Gasteiger partial charge is 0.129 e. The van der Waals surface area contributed by atoms with E-state index in [2.05, 4.69) is 11.9 Å². The fraction of sp³-hybridized carbons (Fsp3) is 0.917. The molecule has 0 spiro atoms. The number of carbonyl (C=O) groups is 1. The zero-order valence-corrected chi connectivity index (χ0v) is 10.8. The van der Waals surface area contributed by atoms with Crippen LogP contribution in [0.25, 0.3) is 0 Å². The van der Waals surface area contributed by atoms with E-state index in [9.17, 15) is 4.79 Å². The number of ether oxygens (including phenoxy) is 1. The molecule has 3 nitrogen and oxygen atoms in total. The predicted molar refractivity (Wildman–Crippen MR) is 66.9 cm³/mol. The summed E-state index contributed by atoms with van der Waals surface area (Å²) in [4.78, 5) is 13.7. The first-order chi connectivity index (χ1) is 7.76. The molecule has 4 heteroatoms. The van der Waals surface area contributed by atoms with E-state index >= 15 is 0 Å². The number of hydrogen-bond acceptors (Lipinski definition) is 4. The molecule has 0 bridgehead atoms. The van der Waals surface area contributed by atoms with Gasteiger partial charge in [-0.1, -0.05) is 0 Å². The van der Waals surface area contributed by atoms with Gasteiger partial charge in [0.2, 0.25) is 0 Å². The molecule has 0 saturated carbocycles. The molecular weight excluding hydrogens is 222 g/mol. The van der Waals surface area contributed by atoms with Crippen LogP contribution in [-0.2, 0) is 9.53 Å². The first-order valence-corrected chi connectivity index (χ1v) is 7.23. The Kier molecular flexibility index (Phi) is 4.27. The summed E-state index contributed by atoms with van der Waals surface area (Å²) in [5, 5.41) is 0. The first kappa shape index (κ1) is 12.4. The summed E-state index contributed by atoms with van der Waals surface area (Å²) >= 11 is 2.02. The average molecular weight is 243 g/mol. The van der Waals surface area contributed by atoms with Crippen molar-refractivity contribution in [3.8, 4) is 0 Å². The zero-order chi connectivity index (χ0) is 11.4. The topological polar surface area (TPSA) is 29.5 Å². The molecule has 2 rings (SSSR count). The second kappa shape index (κ2) is 5.52. The Morgan fingerprint density at radius 1 is 1.62 bits per heavy atom. The van der Waals surface area contributed by atoms with Gasteiger partial charge < -0.3 is 14.4 Å². The van der Waals surface area contributed by atoms with E-state index in [4.69, 9.17) is 4.74 Å². The summed E-state index contributed by atoms with van der Waals surface area (Å²) in [6.07, 6.45) is 4.40. The van der Waals surface area contributed by atoms with E-state index in [1.807, 2.05) is 11.8 Å². The van der Waals surface area contributed by atoms with Crippen molar-refractivity contribution in [3.63, 3.8) is 0 Å². The molecule has 0 aromatic heterocycles. The van der Waals surface area contributed by atoms with Crippen LogP contribution in [0.5, 0.6) is 0 Å². The average Bonchev–Trinajstić information content (AvgIpc) is 2.84. The van der Waals surface area contributed by atoms with Crippen molar-refractivity contribution in [2.45, 2.75) is 25.3 Å². The Bertz CT molecular complexity index is 235. The monoisotopic (exact) mass is 243 g/mol.